The lowest BCUT2D eigenvalue weighted by Gasteiger charge is -2.35. The van der Waals surface area contributed by atoms with E-state index in [-0.39, 0.29) is 5.41 Å². The molecule has 0 aromatic heterocycles. The summed E-state index contributed by atoms with van der Waals surface area (Å²) in [4.78, 5) is 14.4. The fourth-order valence-corrected chi connectivity index (χ4v) is 2.42. The van der Waals surface area contributed by atoms with Gasteiger partial charge in [-0.05, 0) is 37.1 Å². The van der Waals surface area contributed by atoms with Gasteiger partial charge in [-0.3, -0.25) is 4.79 Å². The van der Waals surface area contributed by atoms with Gasteiger partial charge in [-0.1, -0.05) is 34.6 Å². The minimum Gasteiger partial charge on any atom is -0.341 e. The van der Waals surface area contributed by atoms with E-state index in [1.54, 1.807) is 0 Å². The minimum atomic E-state index is 0.214. The summed E-state index contributed by atoms with van der Waals surface area (Å²) in [5, 5.41) is 3.55. The molecule has 0 aromatic carbocycles. The molecule has 1 aliphatic rings. The number of nitrogens with zero attached hydrogens (tertiary/aromatic N) is 1. The average Bonchev–Trinajstić information content (AvgIpc) is 2.35. The lowest BCUT2D eigenvalue weighted by atomic mass is 9.80. The maximum atomic E-state index is 12.4. The summed E-state index contributed by atoms with van der Waals surface area (Å²) in [6.45, 7) is 13.9. The Hall–Kier alpha value is -0.570. The van der Waals surface area contributed by atoms with Gasteiger partial charge in [0.1, 0.15) is 0 Å². The molecule has 0 spiro atoms. The molecular formula is C16H32N2O. The van der Waals surface area contributed by atoms with Crippen LogP contribution in [0.5, 0.6) is 0 Å². The summed E-state index contributed by atoms with van der Waals surface area (Å²) < 4.78 is 0. The highest BCUT2D eigenvalue weighted by Crippen LogP contribution is 2.28. The number of carbonyl (C=O) groups excluding carboxylic acids is 1. The van der Waals surface area contributed by atoms with Crippen molar-refractivity contribution >= 4 is 5.91 Å². The van der Waals surface area contributed by atoms with Crippen molar-refractivity contribution < 1.29 is 4.79 Å². The summed E-state index contributed by atoms with van der Waals surface area (Å²) in [6.07, 6.45) is 4.19. The number of carbonyl (C=O) groups is 1. The molecule has 1 fully saturated rings. The normalized spacial score (nSPS) is 22.4. The molecule has 2 unspecified atom stereocenters. The topological polar surface area (TPSA) is 32.3 Å². The third-order valence-electron chi connectivity index (χ3n) is 4.42. The van der Waals surface area contributed by atoms with Crippen molar-refractivity contribution in [2.24, 2.45) is 11.3 Å². The van der Waals surface area contributed by atoms with Crippen LogP contribution in [0.1, 0.15) is 60.3 Å². The fourth-order valence-electron chi connectivity index (χ4n) is 2.42. The summed E-state index contributed by atoms with van der Waals surface area (Å²) in [5.74, 6) is 0.773. The predicted octanol–water partition coefficient (Wildman–Crippen LogP) is 3.05. The summed E-state index contributed by atoms with van der Waals surface area (Å²) >= 11 is 0. The van der Waals surface area contributed by atoms with Crippen LogP contribution in [0, 0.1) is 11.3 Å². The number of amides is 1. The third kappa shape index (κ3) is 5.52. The fraction of sp³-hybridized carbons (Fsp3) is 0.938. The summed E-state index contributed by atoms with van der Waals surface area (Å²) in [6, 6.07) is 0.502. The van der Waals surface area contributed by atoms with Crippen LogP contribution < -0.4 is 5.32 Å². The van der Waals surface area contributed by atoms with Crippen molar-refractivity contribution in [2.75, 3.05) is 19.6 Å². The quantitative estimate of drug-likeness (QED) is 0.831. The molecule has 3 heteroatoms. The summed E-state index contributed by atoms with van der Waals surface area (Å²) in [7, 11) is 0. The monoisotopic (exact) mass is 268 g/mol. The van der Waals surface area contributed by atoms with Gasteiger partial charge in [0.05, 0.1) is 0 Å². The van der Waals surface area contributed by atoms with Crippen LogP contribution >= 0.6 is 0 Å². The van der Waals surface area contributed by atoms with Gasteiger partial charge in [-0.25, -0.2) is 0 Å². The molecule has 1 saturated heterocycles. The van der Waals surface area contributed by atoms with Gasteiger partial charge in [-0.15, -0.1) is 0 Å². The molecule has 112 valence electrons. The number of rotatable bonds is 5. The van der Waals surface area contributed by atoms with Crippen LogP contribution in [0.15, 0.2) is 0 Å². The van der Waals surface area contributed by atoms with Crippen LogP contribution in [0.3, 0.4) is 0 Å². The number of nitrogens with one attached hydrogen (secondary N) is 1. The van der Waals surface area contributed by atoms with Gasteiger partial charge in [0, 0.05) is 25.6 Å². The predicted molar refractivity (Wildman–Crippen MR) is 81.1 cm³/mol. The van der Waals surface area contributed by atoms with E-state index in [4.69, 9.17) is 0 Å². The largest absolute Gasteiger partial charge is 0.341 e. The van der Waals surface area contributed by atoms with Gasteiger partial charge < -0.3 is 10.2 Å². The molecule has 0 aromatic rings. The van der Waals surface area contributed by atoms with Crippen LogP contribution in [-0.2, 0) is 4.79 Å². The summed E-state index contributed by atoms with van der Waals surface area (Å²) in [5.41, 5.74) is 0.214. The van der Waals surface area contributed by atoms with E-state index in [2.05, 4.69) is 44.8 Å². The molecule has 0 radical (unpaired) electrons. The molecule has 1 amide bonds. The van der Waals surface area contributed by atoms with Crippen LogP contribution in [-0.4, -0.2) is 36.5 Å². The molecule has 1 rings (SSSR count). The Morgan fingerprint density at radius 3 is 2.68 bits per heavy atom. The van der Waals surface area contributed by atoms with E-state index < -0.39 is 0 Å². The van der Waals surface area contributed by atoms with E-state index in [0.717, 1.165) is 32.5 Å². The Balaban J connectivity index is 2.43. The standard InChI is InChI=1S/C16H32N2O/c1-6-9-17-14-8-7-10-18(12-14)15(19)11-13(2)16(3,4)5/h13-14,17H,6-12H2,1-5H3. The van der Waals surface area contributed by atoms with E-state index in [1.807, 2.05) is 0 Å². The Kier molecular flexibility index (Phi) is 6.31. The molecule has 19 heavy (non-hydrogen) atoms. The van der Waals surface area contributed by atoms with E-state index >= 15 is 0 Å². The zero-order valence-corrected chi connectivity index (χ0v) is 13.5. The third-order valence-corrected chi connectivity index (χ3v) is 4.42. The zero-order valence-electron chi connectivity index (χ0n) is 13.5. The molecule has 1 aliphatic heterocycles. The Morgan fingerprint density at radius 2 is 2.11 bits per heavy atom. The second-order valence-corrected chi connectivity index (χ2v) is 7.10. The molecular weight excluding hydrogens is 236 g/mol. The maximum Gasteiger partial charge on any atom is 0.222 e. The minimum absolute atomic E-state index is 0.214. The first kappa shape index (κ1) is 16.5. The highest BCUT2D eigenvalue weighted by Gasteiger charge is 2.27. The number of hydrogen-bond acceptors (Lipinski definition) is 2. The van der Waals surface area contributed by atoms with Gasteiger partial charge in [0.2, 0.25) is 5.91 Å². The van der Waals surface area contributed by atoms with Crippen LogP contribution in [0.25, 0.3) is 0 Å². The van der Waals surface area contributed by atoms with Crippen LogP contribution in [0.4, 0.5) is 0 Å². The number of likely N-dealkylation sites (tertiary alicyclic amines) is 1. The molecule has 0 saturated carbocycles. The molecule has 0 bridgehead atoms. The highest BCUT2D eigenvalue weighted by atomic mass is 16.2. The first-order chi connectivity index (χ1) is 8.84. The molecule has 1 heterocycles. The average molecular weight is 268 g/mol. The van der Waals surface area contributed by atoms with Crippen molar-refractivity contribution in [2.45, 2.75) is 66.3 Å². The maximum absolute atomic E-state index is 12.4. The molecule has 1 N–H and O–H groups in total. The second-order valence-electron chi connectivity index (χ2n) is 7.10. The first-order valence-corrected chi connectivity index (χ1v) is 7.85. The Labute approximate surface area is 119 Å². The first-order valence-electron chi connectivity index (χ1n) is 7.85. The Bertz CT molecular complexity index is 283. The SMILES string of the molecule is CCCNC1CCCN(C(=O)CC(C)C(C)(C)C)C1. The van der Waals surface area contributed by atoms with Crippen molar-refractivity contribution in [1.29, 1.82) is 0 Å². The smallest absolute Gasteiger partial charge is 0.222 e. The van der Waals surface area contributed by atoms with Gasteiger partial charge in [-0.2, -0.15) is 0 Å². The lowest BCUT2D eigenvalue weighted by Crippen LogP contribution is -2.48. The van der Waals surface area contributed by atoms with Crippen molar-refractivity contribution in [3.63, 3.8) is 0 Å². The second kappa shape index (κ2) is 7.28. The number of piperidine rings is 1. The molecule has 2 atom stereocenters. The highest BCUT2D eigenvalue weighted by molar-refractivity contribution is 5.76. The van der Waals surface area contributed by atoms with Crippen LogP contribution in [0.2, 0.25) is 0 Å². The van der Waals surface area contributed by atoms with Crippen molar-refractivity contribution in [3.05, 3.63) is 0 Å². The van der Waals surface area contributed by atoms with Crippen molar-refractivity contribution in [1.82, 2.24) is 10.2 Å². The van der Waals surface area contributed by atoms with Gasteiger partial charge in [0.25, 0.3) is 0 Å². The number of hydrogen-bond donors (Lipinski definition) is 1. The molecule has 0 aliphatic carbocycles. The van der Waals surface area contributed by atoms with E-state index in [9.17, 15) is 4.79 Å². The Morgan fingerprint density at radius 1 is 1.42 bits per heavy atom. The van der Waals surface area contributed by atoms with Gasteiger partial charge >= 0.3 is 0 Å². The van der Waals surface area contributed by atoms with E-state index in [1.165, 1.54) is 6.42 Å². The van der Waals surface area contributed by atoms with Gasteiger partial charge in [0.15, 0.2) is 0 Å². The van der Waals surface area contributed by atoms with Crippen molar-refractivity contribution in [3.8, 4) is 0 Å². The molecule has 3 nitrogen and oxygen atoms in total. The zero-order chi connectivity index (χ0) is 14.5. The van der Waals surface area contributed by atoms with E-state index in [0.29, 0.717) is 24.3 Å². The lowest BCUT2D eigenvalue weighted by molar-refractivity contribution is -0.134.